The SMILES string of the molecule is COc1ccc(/C=C/[C@@H]2Nc3ccc(Br)cc3-c3nnc(SC)nc3O2)cc1. The fraction of sp³-hybridized carbons (Fsp3) is 0.150. The number of ether oxygens (including phenoxy) is 2. The molecule has 0 fully saturated rings. The van der Waals surface area contributed by atoms with Crippen LogP contribution in [-0.2, 0) is 0 Å². The van der Waals surface area contributed by atoms with Crippen molar-refractivity contribution in [3.05, 3.63) is 58.6 Å². The fourth-order valence-corrected chi connectivity index (χ4v) is 3.44. The molecule has 4 rings (SSSR count). The first-order valence-corrected chi connectivity index (χ1v) is 10.5. The van der Waals surface area contributed by atoms with Crippen LogP contribution in [-0.4, -0.2) is 34.8 Å². The third-order valence-electron chi connectivity index (χ3n) is 4.17. The fourth-order valence-electron chi connectivity index (χ4n) is 2.78. The molecule has 2 heterocycles. The summed E-state index contributed by atoms with van der Waals surface area (Å²) in [5.41, 5.74) is 3.44. The van der Waals surface area contributed by atoms with E-state index in [1.165, 1.54) is 11.8 Å². The molecule has 142 valence electrons. The maximum absolute atomic E-state index is 6.12. The summed E-state index contributed by atoms with van der Waals surface area (Å²) in [7, 11) is 1.65. The second-order valence-electron chi connectivity index (χ2n) is 5.96. The van der Waals surface area contributed by atoms with Crippen LogP contribution in [0.2, 0.25) is 0 Å². The van der Waals surface area contributed by atoms with E-state index in [1.54, 1.807) is 7.11 Å². The highest BCUT2D eigenvalue weighted by atomic mass is 79.9. The highest BCUT2D eigenvalue weighted by Gasteiger charge is 2.24. The molecule has 1 aromatic heterocycles. The van der Waals surface area contributed by atoms with Crippen molar-refractivity contribution in [1.29, 1.82) is 0 Å². The van der Waals surface area contributed by atoms with Crippen LogP contribution in [0.1, 0.15) is 5.56 Å². The third-order valence-corrected chi connectivity index (χ3v) is 5.20. The van der Waals surface area contributed by atoms with E-state index in [-0.39, 0.29) is 0 Å². The van der Waals surface area contributed by atoms with Crippen molar-refractivity contribution in [1.82, 2.24) is 15.2 Å². The lowest BCUT2D eigenvalue weighted by molar-refractivity contribution is 0.266. The number of rotatable bonds is 4. The van der Waals surface area contributed by atoms with Gasteiger partial charge in [0.25, 0.3) is 0 Å². The van der Waals surface area contributed by atoms with E-state index in [1.807, 2.05) is 60.9 Å². The summed E-state index contributed by atoms with van der Waals surface area (Å²) in [5, 5.41) is 12.5. The number of benzene rings is 2. The van der Waals surface area contributed by atoms with E-state index in [2.05, 4.69) is 36.4 Å². The van der Waals surface area contributed by atoms with Gasteiger partial charge in [0.05, 0.1) is 7.11 Å². The molecular weight excluding hydrogens is 440 g/mol. The summed E-state index contributed by atoms with van der Waals surface area (Å²) in [6.45, 7) is 0. The predicted octanol–water partition coefficient (Wildman–Crippen LogP) is 4.88. The van der Waals surface area contributed by atoms with Crippen molar-refractivity contribution in [2.45, 2.75) is 11.4 Å². The molecule has 6 nitrogen and oxygen atoms in total. The highest BCUT2D eigenvalue weighted by Crippen LogP contribution is 2.38. The molecule has 0 unspecified atom stereocenters. The molecule has 0 aliphatic carbocycles. The first kappa shape index (κ1) is 18.8. The van der Waals surface area contributed by atoms with Crippen molar-refractivity contribution in [3.8, 4) is 22.9 Å². The Morgan fingerprint density at radius 1 is 1.18 bits per heavy atom. The van der Waals surface area contributed by atoms with E-state index in [9.17, 15) is 0 Å². The minimum Gasteiger partial charge on any atom is -0.497 e. The molecule has 8 heteroatoms. The quantitative estimate of drug-likeness (QED) is 0.561. The van der Waals surface area contributed by atoms with Gasteiger partial charge in [0.1, 0.15) is 5.75 Å². The Balaban J connectivity index is 1.69. The van der Waals surface area contributed by atoms with Crippen molar-refractivity contribution >= 4 is 39.5 Å². The van der Waals surface area contributed by atoms with Gasteiger partial charge in [-0.05, 0) is 48.2 Å². The number of methoxy groups -OCH3 is 1. The Morgan fingerprint density at radius 2 is 2.00 bits per heavy atom. The van der Waals surface area contributed by atoms with E-state index in [0.717, 1.165) is 27.0 Å². The number of hydrogen-bond donors (Lipinski definition) is 1. The van der Waals surface area contributed by atoms with Gasteiger partial charge in [-0.25, -0.2) is 0 Å². The average Bonchev–Trinajstić information content (AvgIpc) is 2.88. The van der Waals surface area contributed by atoms with E-state index in [0.29, 0.717) is 16.7 Å². The maximum atomic E-state index is 6.12. The van der Waals surface area contributed by atoms with Crippen LogP contribution < -0.4 is 14.8 Å². The lowest BCUT2D eigenvalue weighted by Gasteiger charge is -2.15. The Hall–Kier alpha value is -2.58. The minimum absolute atomic E-state index is 0.408. The topological polar surface area (TPSA) is 69.2 Å². The Kier molecular flexibility index (Phi) is 5.50. The summed E-state index contributed by atoms with van der Waals surface area (Å²) in [6.07, 6.45) is 5.44. The van der Waals surface area contributed by atoms with Gasteiger partial charge in [-0.2, -0.15) is 4.98 Å². The molecule has 0 amide bonds. The largest absolute Gasteiger partial charge is 0.497 e. The van der Waals surface area contributed by atoms with Gasteiger partial charge in [-0.15, -0.1) is 10.2 Å². The van der Waals surface area contributed by atoms with Crippen molar-refractivity contribution in [2.75, 3.05) is 18.7 Å². The zero-order valence-corrected chi connectivity index (χ0v) is 17.6. The number of nitrogens with zero attached hydrogens (tertiary/aromatic N) is 3. The van der Waals surface area contributed by atoms with Crippen molar-refractivity contribution in [2.24, 2.45) is 0 Å². The number of fused-ring (bicyclic) bond motifs is 3. The molecule has 1 atom stereocenters. The summed E-state index contributed by atoms with van der Waals surface area (Å²) < 4.78 is 12.3. The molecule has 2 aromatic carbocycles. The molecule has 0 radical (unpaired) electrons. The Labute approximate surface area is 175 Å². The van der Waals surface area contributed by atoms with Gasteiger partial charge >= 0.3 is 0 Å². The first-order valence-electron chi connectivity index (χ1n) is 8.50. The van der Waals surface area contributed by atoms with Crippen LogP contribution >= 0.6 is 27.7 Å². The van der Waals surface area contributed by atoms with E-state index in [4.69, 9.17) is 9.47 Å². The summed E-state index contributed by atoms with van der Waals surface area (Å²) in [6, 6.07) is 13.8. The second-order valence-corrected chi connectivity index (χ2v) is 7.65. The van der Waals surface area contributed by atoms with E-state index < -0.39 is 6.23 Å². The van der Waals surface area contributed by atoms with E-state index >= 15 is 0 Å². The predicted molar refractivity (Wildman–Crippen MR) is 115 cm³/mol. The zero-order chi connectivity index (χ0) is 19.5. The monoisotopic (exact) mass is 456 g/mol. The molecule has 1 aliphatic heterocycles. The van der Waals surface area contributed by atoms with Gasteiger partial charge in [-0.1, -0.05) is 45.9 Å². The van der Waals surface area contributed by atoms with Gasteiger partial charge < -0.3 is 14.8 Å². The molecule has 0 saturated heterocycles. The molecule has 1 aliphatic rings. The molecule has 3 aromatic rings. The summed E-state index contributed by atoms with van der Waals surface area (Å²) >= 11 is 4.94. The third kappa shape index (κ3) is 3.98. The van der Waals surface area contributed by atoms with Gasteiger partial charge in [-0.3, -0.25) is 0 Å². The maximum Gasteiger partial charge on any atom is 0.247 e. The molecular formula is C20H17BrN4O2S. The molecule has 28 heavy (non-hydrogen) atoms. The number of hydrogen-bond acceptors (Lipinski definition) is 7. The number of thioether (sulfide) groups is 1. The summed E-state index contributed by atoms with van der Waals surface area (Å²) in [5.74, 6) is 1.27. The molecule has 0 bridgehead atoms. The molecule has 1 N–H and O–H groups in total. The van der Waals surface area contributed by atoms with Crippen LogP contribution in [0.25, 0.3) is 17.3 Å². The minimum atomic E-state index is -0.408. The van der Waals surface area contributed by atoms with Crippen LogP contribution in [0.5, 0.6) is 11.6 Å². The van der Waals surface area contributed by atoms with Crippen LogP contribution in [0.3, 0.4) is 0 Å². The van der Waals surface area contributed by atoms with Gasteiger partial charge in [0.15, 0.2) is 11.9 Å². The Bertz CT molecular complexity index is 1030. The summed E-state index contributed by atoms with van der Waals surface area (Å²) in [4.78, 5) is 4.51. The normalized spacial score (nSPS) is 15.2. The lowest BCUT2D eigenvalue weighted by atomic mass is 10.1. The van der Waals surface area contributed by atoms with Crippen LogP contribution in [0.15, 0.2) is 58.2 Å². The number of aromatic nitrogens is 3. The lowest BCUT2D eigenvalue weighted by Crippen LogP contribution is -2.23. The number of anilines is 1. The van der Waals surface area contributed by atoms with Crippen molar-refractivity contribution in [3.63, 3.8) is 0 Å². The zero-order valence-electron chi connectivity index (χ0n) is 15.2. The first-order chi connectivity index (χ1) is 13.7. The van der Waals surface area contributed by atoms with Gasteiger partial charge in [0, 0.05) is 15.7 Å². The van der Waals surface area contributed by atoms with Crippen molar-refractivity contribution < 1.29 is 9.47 Å². The standard InChI is InChI=1S/C20H17BrN4O2S/c1-26-14-7-3-12(4-8-14)5-10-17-22-16-9-6-13(21)11-15(16)18-19(27-17)23-20(28-2)25-24-18/h3-11,17,22H,1-2H3/b10-5+/t17-/m1/s1. The smallest absolute Gasteiger partial charge is 0.247 e. The number of halogens is 1. The molecule has 0 spiro atoms. The molecule has 0 saturated carbocycles. The highest BCUT2D eigenvalue weighted by molar-refractivity contribution is 9.10. The van der Waals surface area contributed by atoms with Crippen LogP contribution in [0.4, 0.5) is 5.69 Å². The second kappa shape index (κ2) is 8.20. The average molecular weight is 457 g/mol. The van der Waals surface area contributed by atoms with Crippen LogP contribution in [0, 0.1) is 0 Å². The Morgan fingerprint density at radius 3 is 2.75 bits per heavy atom. The van der Waals surface area contributed by atoms with Gasteiger partial charge in [0.2, 0.25) is 11.0 Å². The number of nitrogens with one attached hydrogen (secondary N) is 1.